The molecular weight excluding hydrogens is 166 g/mol. The van der Waals surface area contributed by atoms with Gasteiger partial charge in [-0.3, -0.25) is 4.98 Å². The van der Waals surface area contributed by atoms with Gasteiger partial charge in [0, 0.05) is 12.4 Å². The fourth-order valence-electron chi connectivity index (χ4n) is 1.08. The highest BCUT2D eigenvalue weighted by atomic mass is 32.1. The van der Waals surface area contributed by atoms with Crippen LogP contribution in [0.1, 0.15) is 30.9 Å². The van der Waals surface area contributed by atoms with E-state index in [0.717, 1.165) is 12.2 Å². The molecule has 1 rings (SSSR count). The van der Waals surface area contributed by atoms with Crippen molar-refractivity contribution in [1.29, 1.82) is 0 Å². The molecule has 0 saturated carbocycles. The van der Waals surface area contributed by atoms with Crippen LogP contribution in [0, 0.1) is 0 Å². The molecule has 1 heterocycles. The van der Waals surface area contributed by atoms with E-state index in [1.54, 1.807) is 0 Å². The summed E-state index contributed by atoms with van der Waals surface area (Å²) in [7, 11) is 0. The molecule has 66 valence electrons. The summed E-state index contributed by atoms with van der Waals surface area (Å²) >= 11 is 4.26. The Labute approximate surface area is 79.6 Å². The Hall–Kier alpha value is -0.500. The van der Waals surface area contributed by atoms with Crippen molar-refractivity contribution in [1.82, 2.24) is 4.98 Å². The van der Waals surface area contributed by atoms with Gasteiger partial charge in [0.05, 0.1) is 0 Å². The zero-order valence-corrected chi connectivity index (χ0v) is 8.51. The van der Waals surface area contributed by atoms with Crippen LogP contribution in [0.25, 0.3) is 0 Å². The fraction of sp³-hybridized carbons (Fsp3) is 0.500. The summed E-state index contributed by atoms with van der Waals surface area (Å²) < 4.78 is 0. The van der Waals surface area contributed by atoms with Crippen LogP contribution >= 0.6 is 12.6 Å². The van der Waals surface area contributed by atoms with Crippen LogP contribution in [0.15, 0.2) is 18.5 Å². The van der Waals surface area contributed by atoms with Gasteiger partial charge in [0.25, 0.3) is 0 Å². The van der Waals surface area contributed by atoms with E-state index in [1.165, 1.54) is 11.1 Å². The Morgan fingerprint density at radius 3 is 2.83 bits per heavy atom. The molecule has 0 spiro atoms. The molecule has 0 bridgehead atoms. The van der Waals surface area contributed by atoms with Crippen LogP contribution in [-0.4, -0.2) is 10.7 Å². The van der Waals surface area contributed by atoms with Gasteiger partial charge >= 0.3 is 0 Å². The maximum absolute atomic E-state index is 4.26. The van der Waals surface area contributed by atoms with Gasteiger partial charge in [-0.2, -0.15) is 12.6 Å². The number of rotatable bonds is 3. The lowest BCUT2D eigenvalue weighted by Gasteiger charge is -2.08. The Bertz CT molecular complexity index is 247. The highest BCUT2D eigenvalue weighted by Crippen LogP contribution is 2.16. The van der Waals surface area contributed by atoms with Gasteiger partial charge in [0.2, 0.25) is 0 Å². The van der Waals surface area contributed by atoms with Gasteiger partial charge in [-0.15, -0.1) is 0 Å². The summed E-state index contributed by atoms with van der Waals surface area (Å²) in [6.45, 7) is 4.32. The number of aromatic nitrogens is 1. The van der Waals surface area contributed by atoms with Crippen LogP contribution in [0.5, 0.6) is 0 Å². The van der Waals surface area contributed by atoms with E-state index < -0.39 is 0 Å². The van der Waals surface area contributed by atoms with E-state index in [0.29, 0.717) is 5.92 Å². The lowest BCUT2D eigenvalue weighted by Crippen LogP contribution is -1.96. The molecule has 0 aliphatic heterocycles. The predicted octanol–water partition coefficient (Wildman–Crippen LogP) is 2.68. The quantitative estimate of drug-likeness (QED) is 0.707. The summed E-state index contributed by atoms with van der Waals surface area (Å²) in [6.07, 6.45) is 4.91. The Kier molecular flexibility index (Phi) is 3.60. The molecule has 0 N–H and O–H groups in total. The summed E-state index contributed by atoms with van der Waals surface area (Å²) in [4.78, 5) is 4.19. The van der Waals surface area contributed by atoms with Gasteiger partial charge in [-0.1, -0.05) is 19.9 Å². The molecule has 0 radical (unpaired) electrons. The maximum atomic E-state index is 4.26. The largest absolute Gasteiger partial charge is 0.264 e. The first-order valence-electron chi connectivity index (χ1n) is 4.32. The second-order valence-electron chi connectivity index (χ2n) is 3.06. The van der Waals surface area contributed by atoms with Crippen molar-refractivity contribution in [2.24, 2.45) is 0 Å². The van der Waals surface area contributed by atoms with E-state index in [4.69, 9.17) is 0 Å². The molecular formula is C10H15NS. The molecule has 1 aromatic rings. The first-order valence-corrected chi connectivity index (χ1v) is 4.95. The van der Waals surface area contributed by atoms with E-state index in [1.807, 2.05) is 12.4 Å². The zero-order valence-electron chi connectivity index (χ0n) is 7.62. The summed E-state index contributed by atoms with van der Waals surface area (Å²) in [5.74, 6) is 1.39. The molecule has 2 heteroatoms. The summed E-state index contributed by atoms with van der Waals surface area (Å²) in [6, 6.07) is 2.22. The molecule has 0 aliphatic carbocycles. The van der Waals surface area contributed by atoms with Crippen LogP contribution in [0.4, 0.5) is 0 Å². The van der Waals surface area contributed by atoms with Gasteiger partial charge in [0.1, 0.15) is 0 Å². The van der Waals surface area contributed by atoms with Gasteiger partial charge < -0.3 is 0 Å². The molecule has 1 atom stereocenters. The Morgan fingerprint density at radius 2 is 2.25 bits per heavy atom. The lowest BCUT2D eigenvalue weighted by molar-refractivity contribution is 0.867. The first kappa shape index (κ1) is 9.59. The highest BCUT2D eigenvalue weighted by molar-refractivity contribution is 7.80. The van der Waals surface area contributed by atoms with Crippen molar-refractivity contribution in [2.75, 3.05) is 5.75 Å². The third kappa shape index (κ3) is 2.24. The van der Waals surface area contributed by atoms with Crippen LogP contribution in [0.2, 0.25) is 0 Å². The van der Waals surface area contributed by atoms with Crippen molar-refractivity contribution in [3.63, 3.8) is 0 Å². The van der Waals surface area contributed by atoms with E-state index >= 15 is 0 Å². The topological polar surface area (TPSA) is 12.9 Å². The third-order valence-corrected chi connectivity index (χ3v) is 2.61. The predicted molar refractivity (Wildman–Crippen MR) is 55.9 cm³/mol. The van der Waals surface area contributed by atoms with Gasteiger partial charge in [0.15, 0.2) is 0 Å². The normalized spacial score (nSPS) is 12.9. The monoisotopic (exact) mass is 181 g/mol. The second kappa shape index (κ2) is 4.51. The first-order chi connectivity index (χ1) is 5.77. The second-order valence-corrected chi connectivity index (χ2v) is 3.43. The number of hydrogen-bond acceptors (Lipinski definition) is 2. The standard InChI is InChI=1S/C10H15NS/c1-3-9-4-10(6-11-5-9)8(2)7-12/h4-6,8,12H,3,7H2,1-2H3. The highest BCUT2D eigenvalue weighted by Gasteiger charge is 2.03. The molecule has 1 unspecified atom stereocenters. The third-order valence-electron chi connectivity index (χ3n) is 2.07. The van der Waals surface area contributed by atoms with Crippen molar-refractivity contribution in [3.05, 3.63) is 29.6 Å². The van der Waals surface area contributed by atoms with Crippen molar-refractivity contribution in [3.8, 4) is 0 Å². The average Bonchev–Trinajstić information content (AvgIpc) is 2.17. The van der Waals surface area contributed by atoms with Gasteiger partial charge in [-0.05, 0) is 29.2 Å². The fourth-order valence-corrected chi connectivity index (χ4v) is 1.29. The average molecular weight is 181 g/mol. The minimum Gasteiger partial charge on any atom is -0.264 e. The molecule has 1 aromatic heterocycles. The van der Waals surface area contributed by atoms with Crippen molar-refractivity contribution >= 4 is 12.6 Å². The molecule has 0 aromatic carbocycles. The van der Waals surface area contributed by atoms with Crippen LogP contribution < -0.4 is 0 Å². The summed E-state index contributed by atoms with van der Waals surface area (Å²) in [5, 5.41) is 0. The molecule has 0 aliphatic rings. The van der Waals surface area contributed by atoms with E-state index in [-0.39, 0.29) is 0 Å². The molecule has 0 saturated heterocycles. The number of nitrogens with zero attached hydrogens (tertiary/aromatic N) is 1. The molecule has 0 fully saturated rings. The Balaban J connectivity index is 2.86. The Morgan fingerprint density at radius 1 is 1.50 bits per heavy atom. The summed E-state index contributed by atoms with van der Waals surface area (Å²) in [5.41, 5.74) is 2.60. The van der Waals surface area contributed by atoms with Crippen molar-refractivity contribution < 1.29 is 0 Å². The number of hydrogen-bond donors (Lipinski definition) is 1. The number of thiol groups is 1. The SMILES string of the molecule is CCc1cncc(C(C)CS)c1. The van der Waals surface area contributed by atoms with E-state index in [2.05, 4.69) is 37.5 Å². The van der Waals surface area contributed by atoms with Gasteiger partial charge in [-0.25, -0.2) is 0 Å². The van der Waals surface area contributed by atoms with E-state index in [9.17, 15) is 0 Å². The van der Waals surface area contributed by atoms with Crippen LogP contribution in [0.3, 0.4) is 0 Å². The lowest BCUT2D eigenvalue weighted by atomic mass is 10.0. The maximum Gasteiger partial charge on any atom is 0.0303 e. The minimum atomic E-state index is 0.507. The van der Waals surface area contributed by atoms with Crippen molar-refractivity contribution in [2.45, 2.75) is 26.2 Å². The zero-order chi connectivity index (χ0) is 8.97. The molecule has 12 heavy (non-hydrogen) atoms. The number of pyridine rings is 1. The van der Waals surface area contributed by atoms with Crippen LogP contribution in [-0.2, 0) is 6.42 Å². The molecule has 1 nitrogen and oxygen atoms in total. The number of aryl methyl sites for hydroxylation is 1. The minimum absolute atomic E-state index is 0.507. The molecule has 0 amide bonds. The smallest absolute Gasteiger partial charge is 0.0303 e.